The third-order valence-electron chi connectivity index (χ3n) is 4.22. The number of sulfonamides is 1. The van der Waals surface area contributed by atoms with Crippen molar-refractivity contribution in [3.8, 4) is 0 Å². The molecule has 0 amide bonds. The minimum Gasteiger partial charge on any atom is -0.261 e. The van der Waals surface area contributed by atoms with Crippen LogP contribution in [0.1, 0.15) is 31.7 Å². The Balaban J connectivity index is 1.70. The number of nitrogens with one attached hydrogen (secondary N) is 1. The number of rotatable bonds is 5. The van der Waals surface area contributed by atoms with Crippen molar-refractivity contribution in [3.05, 3.63) is 54.2 Å². The standard InChI is InChI=1S/C18H22N4O2S/c1-15(16-8-4-2-5-9-16)20-21-18-11-10-17(14-19-18)25(23,24)22-12-6-3-7-13-22/h2,4-5,8-11,14H,3,6-7,12-13H2,1H3,(H,19,21)/b20-15+. The van der Waals surface area contributed by atoms with Gasteiger partial charge in [-0.05, 0) is 37.5 Å². The Kier molecular flexibility index (Phi) is 5.45. The monoisotopic (exact) mass is 358 g/mol. The highest BCUT2D eigenvalue weighted by atomic mass is 32.2. The first-order valence-corrected chi connectivity index (χ1v) is 9.83. The van der Waals surface area contributed by atoms with Crippen LogP contribution < -0.4 is 5.43 Å². The summed E-state index contributed by atoms with van der Waals surface area (Å²) in [5.41, 5.74) is 4.71. The molecule has 1 aliphatic heterocycles. The molecule has 0 unspecified atom stereocenters. The molecule has 0 aliphatic carbocycles. The lowest BCUT2D eigenvalue weighted by molar-refractivity contribution is 0.346. The Morgan fingerprint density at radius 3 is 2.44 bits per heavy atom. The van der Waals surface area contributed by atoms with Crippen molar-refractivity contribution in [1.29, 1.82) is 0 Å². The van der Waals surface area contributed by atoms with Gasteiger partial charge in [-0.15, -0.1) is 0 Å². The summed E-state index contributed by atoms with van der Waals surface area (Å²) in [5.74, 6) is 0.507. The predicted molar refractivity (Wildman–Crippen MR) is 99.1 cm³/mol. The second-order valence-corrected chi connectivity index (χ2v) is 7.96. The molecule has 0 bridgehead atoms. The average Bonchev–Trinajstić information content (AvgIpc) is 2.68. The number of hydrazone groups is 1. The van der Waals surface area contributed by atoms with Gasteiger partial charge in [-0.25, -0.2) is 13.4 Å². The number of piperidine rings is 1. The maximum absolute atomic E-state index is 12.6. The summed E-state index contributed by atoms with van der Waals surface area (Å²) in [7, 11) is -3.45. The Morgan fingerprint density at radius 1 is 1.08 bits per heavy atom. The van der Waals surface area contributed by atoms with E-state index in [1.165, 1.54) is 10.5 Å². The number of hydrogen-bond acceptors (Lipinski definition) is 5. The number of anilines is 1. The van der Waals surface area contributed by atoms with Crippen LogP contribution in [0.5, 0.6) is 0 Å². The first kappa shape index (κ1) is 17.6. The van der Waals surface area contributed by atoms with Gasteiger partial charge >= 0.3 is 0 Å². The topological polar surface area (TPSA) is 74.7 Å². The van der Waals surface area contributed by atoms with Crippen LogP contribution in [0.25, 0.3) is 0 Å². The van der Waals surface area contributed by atoms with E-state index in [1.54, 1.807) is 12.1 Å². The van der Waals surface area contributed by atoms with E-state index in [4.69, 9.17) is 0 Å². The molecule has 1 fully saturated rings. The van der Waals surface area contributed by atoms with Gasteiger partial charge in [0.2, 0.25) is 10.0 Å². The molecule has 1 N–H and O–H groups in total. The van der Waals surface area contributed by atoms with Crippen LogP contribution in [0, 0.1) is 0 Å². The van der Waals surface area contributed by atoms with E-state index in [9.17, 15) is 8.42 Å². The summed E-state index contributed by atoms with van der Waals surface area (Å²) in [6.07, 6.45) is 4.31. The molecule has 0 radical (unpaired) electrons. The predicted octanol–water partition coefficient (Wildman–Crippen LogP) is 3.09. The molecular formula is C18H22N4O2S. The molecule has 1 aliphatic rings. The van der Waals surface area contributed by atoms with E-state index in [-0.39, 0.29) is 4.90 Å². The van der Waals surface area contributed by atoms with E-state index in [0.717, 1.165) is 30.5 Å². The summed E-state index contributed by atoms with van der Waals surface area (Å²) < 4.78 is 26.7. The van der Waals surface area contributed by atoms with E-state index >= 15 is 0 Å². The lowest BCUT2D eigenvalue weighted by Gasteiger charge is -2.25. The first-order valence-electron chi connectivity index (χ1n) is 8.39. The number of aromatic nitrogens is 1. The number of pyridine rings is 1. The van der Waals surface area contributed by atoms with E-state index < -0.39 is 10.0 Å². The fourth-order valence-electron chi connectivity index (χ4n) is 2.74. The van der Waals surface area contributed by atoms with Crippen LogP contribution >= 0.6 is 0 Å². The largest absolute Gasteiger partial charge is 0.261 e. The third kappa shape index (κ3) is 4.24. The van der Waals surface area contributed by atoms with Gasteiger partial charge < -0.3 is 0 Å². The number of benzene rings is 1. The quantitative estimate of drug-likeness (QED) is 0.658. The number of nitrogens with zero attached hydrogens (tertiary/aromatic N) is 3. The Labute approximate surface area is 148 Å². The summed E-state index contributed by atoms with van der Waals surface area (Å²) >= 11 is 0. The van der Waals surface area contributed by atoms with Crippen molar-refractivity contribution >= 4 is 21.6 Å². The highest BCUT2D eigenvalue weighted by molar-refractivity contribution is 7.89. The lowest BCUT2D eigenvalue weighted by Crippen LogP contribution is -2.35. The second kappa shape index (κ2) is 7.76. The van der Waals surface area contributed by atoms with Gasteiger partial charge in [0.05, 0.1) is 5.71 Å². The molecule has 1 saturated heterocycles. The fraction of sp³-hybridized carbons (Fsp3) is 0.333. The van der Waals surface area contributed by atoms with Crippen LogP contribution in [-0.2, 0) is 10.0 Å². The molecule has 2 heterocycles. The van der Waals surface area contributed by atoms with Gasteiger partial charge in [-0.1, -0.05) is 36.8 Å². The second-order valence-electron chi connectivity index (χ2n) is 6.02. The van der Waals surface area contributed by atoms with Gasteiger partial charge in [0.15, 0.2) is 0 Å². The number of hydrogen-bond donors (Lipinski definition) is 1. The highest BCUT2D eigenvalue weighted by Gasteiger charge is 2.26. The Bertz CT molecular complexity index is 827. The normalized spacial score (nSPS) is 16.6. The zero-order chi connectivity index (χ0) is 17.7. The van der Waals surface area contributed by atoms with Crippen molar-refractivity contribution in [2.24, 2.45) is 5.10 Å². The van der Waals surface area contributed by atoms with Gasteiger partial charge in [0.25, 0.3) is 0 Å². The first-order chi connectivity index (χ1) is 12.1. The van der Waals surface area contributed by atoms with Crippen molar-refractivity contribution < 1.29 is 8.42 Å². The van der Waals surface area contributed by atoms with Crippen LogP contribution in [0.15, 0.2) is 58.7 Å². The van der Waals surface area contributed by atoms with Crippen LogP contribution in [-0.4, -0.2) is 36.5 Å². The molecule has 0 spiro atoms. The van der Waals surface area contributed by atoms with E-state index in [1.807, 2.05) is 37.3 Å². The summed E-state index contributed by atoms with van der Waals surface area (Å²) in [4.78, 5) is 4.41. The summed E-state index contributed by atoms with van der Waals surface area (Å²) in [6, 6.07) is 13.0. The van der Waals surface area contributed by atoms with E-state index in [0.29, 0.717) is 18.9 Å². The molecule has 0 atom stereocenters. The van der Waals surface area contributed by atoms with Crippen molar-refractivity contribution in [3.63, 3.8) is 0 Å². The minimum atomic E-state index is -3.45. The molecule has 0 saturated carbocycles. The van der Waals surface area contributed by atoms with Crippen molar-refractivity contribution in [1.82, 2.24) is 9.29 Å². The zero-order valence-corrected chi connectivity index (χ0v) is 15.0. The van der Waals surface area contributed by atoms with Crippen LogP contribution in [0.3, 0.4) is 0 Å². The van der Waals surface area contributed by atoms with Crippen molar-refractivity contribution in [2.45, 2.75) is 31.1 Å². The van der Waals surface area contributed by atoms with Crippen LogP contribution in [0.2, 0.25) is 0 Å². The molecule has 7 heteroatoms. The summed E-state index contributed by atoms with van der Waals surface area (Å²) in [6.45, 7) is 3.07. The zero-order valence-electron chi connectivity index (χ0n) is 14.2. The molecule has 25 heavy (non-hydrogen) atoms. The SMILES string of the molecule is C/C(=N\Nc1ccc(S(=O)(=O)N2CCCCC2)cn1)c1ccccc1. The van der Waals surface area contributed by atoms with E-state index in [2.05, 4.69) is 15.5 Å². The third-order valence-corrected chi connectivity index (χ3v) is 6.10. The van der Waals surface area contributed by atoms with Gasteiger partial charge in [-0.2, -0.15) is 9.41 Å². The van der Waals surface area contributed by atoms with Crippen molar-refractivity contribution in [2.75, 3.05) is 18.5 Å². The van der Waals surface area contributed by atoms with Crippen LogP contribution in [0.4, 0.5) is 5.82 Å². The minimum absolute atomic E-state index is 0.226. The molecule has 132 valence electrons. The maximum atomic E-state index is 12.6. The molecule has 3 rings (SSSR count). The Morgan fingerprint density at radius 2 is 1.80 bits per heavy atom. The Hall–Kier alpha value is -2.25. The molecule has 1 aromatic heterocycles. The molecule has 6 nitrogen and oxygen atoms in total. The van der Waals surface area contributed by atoms with Gasteiger partial charge in [0.1, 0.15) is 10.7 Å². The van der Waals surface area contributed by atoms with Gasteiger partial charge in [0, 0.05) is 19.3 Å². The van der Waals surface area contributed by atoms with Gasteiger partial charge in [-0.3, -0.25) is 5.43 Å². The molecular weight excluding hydrogens is 336 g/mol. The fourth-order valence-corrected chi connectivity index (χ4v) is 4.20. The lowest BCUT2D eigenvalue weighted by atomic mass is 10.1. The maximum Gasteiger partial charge on any atom is 0.244 e. The molecule has 1 aromatic carbocycles. The average molecular weight is 358 g/mol. The smallest absolute Gasteiger partial charge is 0.244 e. The summed E-state index contributed by atoms with van der Waals surface area (Å²) in [5, 5.41) is 4.29. The molecule has 2 aromatic rings. The highest BCUT2D eigenvalue weighted by Crippen LogP contribution is 2.20.